The van der Waals surface area contributed by atoms with E-state index in [1.54, 1.807) is 7.05 Å². The van der Waals surface area contributed by atoms with Crippen LogP contribution in [0.1, 0.15) is 12.8 Å². The van der Waals surface area contributed by atoms with Crippen molar-refractivity contribution in [3.05, 3.63) is 0 Å². The Morgan fingerprint density at radius 2 is 2.17 bits per heavy atom. The Labute approximate surface area is 70.9 Å². The van der Waals surface area contributed by atoms with E-state index in [4.69, 9.17) is 9.84 Å². The lowest BCUT2D eigenvalue weighted by Crippen LogP contribution is -2.45. The first-order valence-electron chi connectivity index (χ1n) is 4.29. The molecule has 0 spiro atoms. The van der Waals surface area contributed by atoms with Gasteiger partial charge in [0.15, 0.2) is 0 Å². The number of carbonyl (C=O) groups is 1. The molecule has 2 bridgehead atoms. The minimum Gasteiger partial charge on any atom is -0.481 e. The smallest absolute Gasteiger partial charge is 0.310 e. The highest BCUT2D eigenvalue weighted by molar-refractivity contribution is 5.72. The molecule has 2 fully saturated rings. The zero-order valence-electron chi connectivity index (χ0n) is 6.99. The highest BCUT2D eigenvalue weighted by Crippen LogP contribution is 2.38. The van der Waals surface area contributed by atoms with E-state index in [0.29, 0.717) is 0 Å². The van der Waals surface area contributed by atoms with Crippen molar-refractivity contribution in [3.8, 4) is 0 Å². The van der Waals surface area contributed by atoms with Crippen LogP contribution < -0.4 is 5.32 Å². The number of fused-ring (bicyclic) bond motifs is 2. The fraction of sp³-hybridized carbons (Fsp3) is 0.875. The van der Waals surface area contributed by atoms with Crippen LogP contribution in [0.4, 0.5) is 0 Å². The first kappa shape index (κ1) is 8.01. The van der Waals surface area contributed by atoms with Crippen molar-refractivity contribution in [2.45, 2.75) is 31.1 Å². The molecule has 12 heavy (non-hydrogen) atoms. The average molecular weight is 171 g/mol. The van der Waals surface area contributed by atoms with Crippen LogP contribution in [0.25, 0.3) is 0 Å². The summed E-state index contributed by atoms with van der Waals surface area (Å²) in [6.45, 7) is 0. The highest BCUT2D eigenvalue weighted by Gasteiger charge is 2.51. The molecule has 0 aromatic rings. The van der Waals surface area contributed by atoms with Crippen LogP contribution in [0.3, 0.4) is 0 Å². The van der Waals surface area contributed by atoms with Gasteiger partial charge in [0.25, 0.3) is 0 Å². The normalized spacial score (nSPS) is 45.1. The van der Waals surface area contributed by atoms with Gasteiger partial charge in [-0.05, 0) is 19.9 Å². The van der Waals surface area contributed by atoms with Crippen LogP contribution >= 0.6 is 0 Å². The number of nitrogens with one attached hydrogen (secondary N) is 1. The number of likely N-dealkylation sites (N-methyl/N-ethyl adjacent to an activating group) is 1. The minimum atomic E-state index is -0.735. The fourth-order valence-corrected chi connectivity index (χ4v) is 2.36. The molecule has 0 unspecified atom stereocenters. The van der Waals surface area contributed by atoms with Crippen molar-refractivity contribution in [1.29, 1.82) is 0 Å². The van der Waals surface area contributed by atoms with Crippen molar-refractivity contribution in [2.75, 3.05) is 7.05 Å². The first-order chi connectivity index (χ1) is 5.74. The molecule has 0 saturated carbocycles. The maximum absolute atomic E-state index is 10.8. The van der Waals surface area contributed by atoms with E-state index in [-0.39, 0.29) is 24.2 Å². The summed E-state index contributed by atoms with van der Waals surface area (Å²) in [4.78, 5) is 10.8. The number of carboxylic acids is 1. The molecule has 68 valence electrons. The predicted molar refractivity (Wildman–Crippen MR) is 41.9 cm³/mol. The molecule has 2 rings (SSSR count). The van der Waals surface area contributed by atoms with Crippen LogP contribution in [-0.2, 0) is 9.53 Å². The third kappa shape index (κ3) is 0.949. The zero-order chi connectivity index (χ0) is 8.72. The molecular formula is C8H13NO3. The van der Waals surface area contributed by atoms with Crippen LogP contribution in [0, 0.1) is 5.92 Å². The Kier molecular flexibility index (Phi) is 1.81. The topological polar surface area (TPSA) is 58.6 Å². The van der Waals surface area contributed by atoms with Gasteiger partial charge >= 0.3 is 5.97 Å². The summed E-state index contributed by atoms with van der Waals surface area (Å²) < 4.78 is 5.51. The molecule has 0 aliphatic carbocycles. The Balaban J connectivity index is 2.16. The quantitative estimate of drug-likeness (QED) is 0.606. The number of ether oxygens (including phenoxy) is 1. The van der Waals surface area contributed by atoms with Gasteiger partial charge in [-0.2, -0.15) is 0 Å². The van der Waals surface area contributed by atoms with Crippen LogP contribution in [0.15, 0.2) is 0 Å². The Morgan fingerprint density at radius 1 is 1.50 bits per heavy atom. The summed E-state index contributed by atoms with van der Waals surface area (Å²) in [7, 11) is 1.80. The lowest BCUT2D eigenvalue weighted by molar-refractivity contribution is -0.144. The molecule has 0 aromatic carbocycles. The van der Waals surface area contributed by atoms with E-state index >= 15 is 0 Å². The number of rotatable bonds is 2. The third-order valence-corrected chi connectivity index (χ3v) is 2.89. The number of aliphatic carboxylic acids is 1. The van der Waals surface area contributed by atoms with E-state index in [0.717, 1.165) is 12.8 Å². The van der Waals surface area contributed by atoms with Crippen molar-refractivity contribution in [3.63, 3.8) is 0 Å². The van der Waals surface area contributed by atoms with Gasteiger partial charge in [0.2, 0.25) is 0 Å². The standard InChI is InChI=1S/C8H13NO3/c1-9-7-5-3-2-4(12-5)6(7)8(10)11/h4-7,9H,2-3H2,1H3,(H,10,11)/t4-,5+,6-,7+/m1/s1. The minimum absolute atomic E-state index is 0.0150. The molecule has 2 aliphatic heterocycles. The molecular weight excluding hydrogens is 158 g/mol. The largest absolute Gasteiger partial charge is 0.481 e. The van der Waals surface area contributed by atoms with Crippen LogP contribution in [0.5, 0.6) is 0 Å². The van der Waals surface area contributed by atoms with E-state index < -0.39 is 5.97 Å². The fourth-order valence-electron chi connectivity index (χ4n) is 2.36. The molecule has 2 aliphatic rings. The van der Waals surface area contributed by atoms with E-state index in [2.05, 4.69) is 5.32 Å². The molecule has 2 N–H and O–H groups in total. The second-order valence-electron chi connectivity index (χ2n) is 3.47. The van der Waals surface area contributed by atoms with Crippen molar-refractivity contribution in [1.82, 2.24) is 5.32 Å². The van der Waals surface area contributed by atoms with Gasteiger partial charge in [0.05, 0.1) is 12.2 Å². The Morgan fingerprint density at radius 3 is 2.67 bits per heavy atom. The Hall–Kier alpha value is -0.610. The number of hydrogen-bond donors (Lipinski definition) is 2. The molecule has 2 saturated heterocycles. The van der Waals surface area contributed by atoms with Crippen LogP contribution in [-0.4, -0.2) is 36.4 Å². The van der Waals surface area contributed by atoms with Gasteiger partial charge in [-0.1, -0.05) is 0 Å². The van der Waals surface area contributed by atoms with Crippen molar-refractivity contribution >= 4 is 5.97 Å². The Bertz CT molecular complexity index is 206. The van der Waals surface area contributed by atoms with E-state index in [9.17, 15) is 4.79 Å². The maximum atomic E-state index is 10.8. The number of hydrogen-bond acceptors (Lipinski definition) is 3. The lowest BCUT2D eigenvalue weighted by atomic mass is 9.85. The van der Waals surface area contributed by atoms with E-state index in [1.165, 1.54) is 0 Å². The maximum Gasteiger partial charge on any atom is 0.310 e. The summed E-state index contributed by atoms with van der Waals surface area (Å²) in [5.41, 5.74) is 0. The second-order valence-corrected chi connectivity index (χ2v) is 3.47. The van der Waals surface area contributed by atoms with Crippen LogP contribution in [0.2, 0.25) is 0 Å². The number of carboxylic acid groups (broad SMARTS) is 1. The van der Waals surface area contributed by atoms with Crippen molar-refractivity contribution in [2.24, 2.45) is 5.92 Å². The lowest BCUT2D eigenvalue weighted by Gasteiger charge is -2.23. The molecule has 2 heterocycles. The molecule has 4 atom stereocenters. The van der Waals surface area contributed by atoms with Gasteiger partial charge < -0.3 is 15.2 Å². The second kappa shape index (κ2) is 2.71. The van der Waals surface area contributed by atoms with E-state index in [1.807, 2.05) is 0 Å². The summed E-state index contributed by atoms with van der Waals surface area (Å²) in [6, 6.07) is 0.0150. The predicted octanol–water partition coefficient (Wildman–Crippen LogP) is -0.164. The monoisotopic (exact) mass is 171 g/mol. The molecule has 0 aromatic heterocycles. The molecule has 4 heteroatoms. The van der Waals surface area contributed by atoms with Crippen molar-refractivity contribution < 1.29 is 14.6 Å². The molecule has 0 amide bonds. The SMILES string of the molecule is CN[C@@H]1[C@H](C(=O)O)[C@H]2CC[C@@H]1O2. The summed E-state index contributed by atoms with van der Waals surface area (Å²) in [5.74, 6) is -1.07. The highest BCUT2D eigenvalue weighted by atomic mass is 16.5. The first-order valence-corrected chi connectivity index (χ1v) is 4.29. The van der Waals surface area contributed by atoms with Gasteiger partial charge in [-0.25, -0.2) is 0 Å². The van der Waals surface area contributed by atoms with Gasteiger partial charge in [-0.3, -0.25) is 4.79 Å². The van der Waals surface area contributed by atoms with Gasteiger partial charge in [0.1, 0.15) is 5.92 Å². The van der Waals surface area contributed by atoms with Gasteiger partial charge in [0, 0.05) is 6.04 Å². The summed E-state index contributed by atoms with van der Waals surface area (Å²) in [5, 5.41) is 11.9. The summed E-state index contributed by atoms with van der Waals surface area (Å²) >= 11 is 0. The molecule has 0 radical (unpaired) electrons. The third-order valence-electron chi connectivity index (χ3n) is 2.89. The zero-order valence-corrected chi connectivity index (χ0v) is 6.99. The van der Waals surface area contributed by atoms with Gasteiger partial charge in [-0.15, -0.1) is 0 Å². The average Bonchev–Trinajstić information content (AvgIpc) is 2.60. The summed E-state index contributed by atoms with van der Waals surface area (Å²) in [6.07, 6.45) is 1.98. The molecule has 4 nitrogen and oxygen atoms in total.